The van der Waals surface area contributed by atoms with Crippen molar-refractivity contribution >= 4 is 16.8 Å². The van der Waals surface area contributed by atoms with Gasteiger partial charge in [0, 0.05) is 11.3 Å². The molecule has 0 N–H and O–H groups in total. The zero-order valence-corrected chi connectivity index (χ0v) is 12.6. The van der Waals surface area contributed by atoms with E-state index in [1.165, 1.54) is 5.56 Å². The molecule has 1 saturated carbocycles. The van der Waals surface area contributed by atoms with Gasteiger partial charge in [-0.1, -0.05) is 55.5 Å². The molecule has 22 heavy (non-hydrogen) atoms. The van der Waals surface area contributed by atoms with Gasteiger partial charge in [0.15, 0.2) is 5.76 Å². The highest BCUT2D eigenvalue weighted by atomic mass is 16.3. The van der Waals surface area contributed by atoms with Crippen molar-refractivity contribution in [2.75, 3.05) is 0 Å². The Morgan fingerprint density at radius 2 is 1.73 bits per heavy atom. The number of carbonyl (C=O) groups excluding carboxylic acids is 1. The van der Waals surface area contributed by atoms with Crippen LogP contribution in [0.1, 0.15) is 35.9 Å². The zero-order valence-electron chi connectivity index (χ0n) is 12.6. The molecule has 0 spiro atoms. The van der Waals surface area contributed by atoms with Crippen LogP contribution in [0.3, 0.4) is 0 Å². The molecule has 0 atom stereocenters. The number of fused-ring (bicyclic) bond motifs is 1. The van der Waals surface area contributed by atoms with Gasteiger partial charge in [-0.2, -0.15) is 0 Å². The van der Waals surface area contributed by atoms with E-state index in [1.54, 1.807) is 0 Å². The summed E-state index contributed by atoms with van der Waals surface area (Å²) in [5, 5.41) is 0.996. The van der Waals surface area contributed by atoms with Crippen LogP contribution in [0.5, 0.6) is 0 Å². The van der Waals surface area contributed by atoms with Gasteiger partial charge in [-0.25, -0.2) is 0 Å². The van der Waals surface area contributed by atoms with Crippen LogP contribution in [-0.2, 0) is 5.41 Å². The molecule has 1 fully saturated rings. The van der Waals surface area contributed by atoms with Crippen LogP contribution in [0.15, 0.2) is 65.1 Å². The highest BCUT2D eigenvalue weighted by molar-refractivity contribution is 5.99. The SMILES string of the molecule is CC1(c2ccccc2)CC(C(=O)c2cc3ccccc3o2)C1. The molecular formula is C20H18O2. The summed E-state index contributed by atoms with van der Waals surface area (Å²) in [5.41, 5.74) is 2.23. The summed E-state index contributed by atoms with van der Waals surface area (Å²) < 4.78 is 5.71. The lowest BCUT2D eigenvalue weighted by Gasteiger charge is -2.44. The van der Waals surface area contributed by atoms with Gasteiger partial charge in [-0.3, -0.25) is 4.79 Å². The summed E-state index contributed by atoms with van der Waals surface area (Å²) >= 11 is 0. The summed E-state index contributed by atoms with van der Waals surface area (Å²) in [7, 11) is 0. The molecule has 0 radical (unpaired) electrons. The Bertz CT molecular complexity index is 790. The molecule has 1 aliphatic rings. The molecular weight excluding hydrogens is 272 g/mol. The fourth-order valence-electron chi connectivity index (χ4n) is 3.59. The number of rotatable bonds is 3. The average molecular weight is 290 g/mol. The van der Waals surface area contributed by atoms with Crippen LogP contribution >= 0.6 is 0 Å². The maximum atomic E-state index is 12.6. The van der Waals surface area contributed by atoms with E-state index in [9.17, 15) is 4.79 Å². The van der Waals surface area contributed by atoms with E-state index < -0.39 is 0 Å². The summed E-state index contributed by atoms with van der Waals surface area (Å²) in [6, 6.07) is 20.1. The number of para-hydroxylation sites is 1. The smallest absolute Gasteiger partial charge is 0.201 e. The van der Waals surface area contributed by atoms with Gasteiger partial charge >= 0.3 is 0 Å². The lowest BCUT2D eigenvalue weighted by atomic mass is 9.58. The van der Waals surface area contributed by atoms with E-state index in [-0.39, 0.29) is 17.1 Å². The Balaban J connectivity index is 1.54. The number of Topliss-reactive ketones (excluding diaryl/α,β-unsaturated/α-hetero) is 1. The molecule has 0 bridgehead atoms. The number of ketones is 1. The first-order valence-corrected chi connectivity index (χ1v) is 7.74. The summed E-state index contributed by atoms with van der Waals surface area (Å²) in [5.74, 6) is 0.719. The molecule has 0 amide bonds. The van der Waals surface area contributed by atoms with E-state index in [0.717, 1.165) is 23.8 Å². The van der Waals surface area contributed by atoms with E-state index in [1.807, 2.05) is 36.4 Å². The van der Waals surface area contributed by atoms with E-state index in [2.05, 4.69) is 31.2 Å². The number of furan rings is 1. The Morgan fingerprint density at radius 1 is 1.05 bits per heavy atom. The van der Waals surface area contributed by atoms with Crippen LogP contribution in [0, 0.1) is 5.92 Å². The van der Waals surface area contributed by atoms with Crippen LogP contribution in [0.25, 0.3) is 11.0 Å². The predicted octanol–water partition coefficient (Wildman–Crippen LogP) is 4.98. The number of hydrogen-bond acceptors (Lipinski definition) is 2. The molecule has 3 aromatic rings. The second kappa shape index (κ2) is 4.84. The minimum atomic E-state index is 0.0748. The maximum absolute atomic E-state index is 12.6. The summed E-state index contributed by atoms with van der Waals surface area (Å²) in [6.07, 6.45) is 1.79. The van der Waals surface area contributed by atoms with Gasteiger partial charge in [-0.15, -0.1) is 0 Å². The van der Waals surface area contributed by atoms with Crippen molar-refractivity contribution in [1.82, 2.24) is 0 Å². The first kappa shape index (κ1) is 13.3. The third-order valence-electron chi connectivity index (χ3n) is 4.90. The molecule has 1 aromatic heterocycles. The van der Waals surface area contributed by atoms with Gasteiger partial charge in [-0.05, 0) is 36.0 Å². The van der Waals surface area contributed by atoms with E-state index in [0.29, 0.717) is 5.76 Å². The van der Waals surface area contributed by atoms with Crippen molar-refractivity contribution < 1.29 is 9.21 Å². The normalized spacial score (nSPS) is 24.1. The van der Waals surface area contributed by atoms with Crippen molar-refractivity contribution in [2.45, 2.75) is 25.2 Å². The molecule has 2 nitrogen and oxygen atoms in total. The van der Waals surface area contributed by atoms with Crippen molar-refractivity contribution in [3.8, 4) is 0 Å². The summed E-state index contributed by atoms with van der Waals surface area (Å²) in [4.78, 5) is 12.6. The Morgan fingerprint density at radius 3 is 2.45 bits per heavy atom. The lowest BCUT2D eigenvalue weighted by molar-refractivity contribution is 0.0707. The van der Waals surface area contributed by atoms with Crippen LogP contribution in [0.2, 0.25) is 0 Å². The highest BCUT2D eigenvalue weighted by Gasteiger charge is 2.45. The number of benzene rings is 2. The Labute approximate surface area is 129 Å². The zero-order chi connectivity index (χ0) is 15.2. The van der Waals surface area contributed by atoms with Gasteiger partial charge in [0.25, 0.3) is 0 Å². The minimum Gasteiger partial charge on any atom is -0.453 e. The van der Waals surface area contributed by atoms with Crippen LogP contribution in [-0.4, -0.2) is 5.78 Å². The standard InChI is InChI=1S/C20H18O2/c1-20(16-8-3-2-4-9-16)12-15(13-20)19(21)18-11-14-7-5-6-10-17(14)22-18/h2-11,15H,12-13H2,1H3. The van der Waals surface area contributed by atoms with E-state index in [4.69, 9.17) is 4.42 Å². The molecule has 110 valence electrons. The van der Waals surface area contributed by atoms with E-state index >= 15 is 0 Å². The Hall–Kier alpha value is -2.35. The Kier molecular flexibility index (Phi) is 2.93. The van der Waals surface area contributed by atoms with Gasteiger partial charge in [0.1, 0.15) is 5.58 Å². The predicted molar refractivity (Wildman–Crippen MR) is 87.1 cm³/mol. The first-order valence-electron chi connectivity index (χ1n) is 7.74. The second-order valence-electron chi connectivity index (χ2n) is 6.54. The van der Waals surface area contributed by atoms with Crippen molar-refractivity contribution in [3.05, 3.63) is 72.0 Å². The van der Waals surface area contributed by atoms with Crippen LogP contribution < -0.4 is 0 Å². The molecule has 2 aromatic carbocycles. The fourth-order valence-corrected chi connectivity index (χ4v) is 3.59. The quantitative estimate of drug-likeness (QED) is 0.636. The fraction of sp³-hybridized carbons (Fsp3) is 0.250. The molecule has 2 heteroatoms. The molecule has 0 aliphatic heterocycles. The van der Waals surface area contributed by atoms with Gasteiger partial charge in [0.05, 0.1) is 0 Å². The second-order valence-corrected chi connectivity index (χ2v) is 6.54. The molecule has 1 heterocycles. The summed E-state index contributed by atoms with van der Waals surface area (Å²) in [6.45, 7) is 2.24. The average Bonchev–Trinajstić information content (AvgIpc) is 2.96. The van der Waals surface area contributed by atoms with Crippen molar-refractivity contribution in [1.29, 1.82) is 0 Å². The molecule has 0 unspecified atom stereocenters. The monoisotopic (exact) mass is 290 g/mol. The van der Waals surface area contributed by atoms with Crippen LogP contribution in [0.4, 0.5) is 0 Å². The minimum absolute atomic E-state index is 0.0748. The maximum Gasteiger partial charge on any atom is 0.201 e. The largest absolute Gasteiger partial charge is 0.453 e. The number of hydrogen-bond donors (Lipinski definition) is 0. The topological polar surface area (TPSA) is 30.2 Å². The third kappa shape index (κ3) is 2.07. The third-order valence-corrected chi connectivity index (χ3v) is 4.90. The van der Waals surface area contributed by atoms with Gasteiger partial charge < -0.3 is 4.42 Å². The molecule has 1 aliphatic carbocycles. The van der Waals surface area contributed by atoms with Gasteiger partial charge in [0.2, 0.25) is 5.78 Å². The molecule has 4 rings (SSSR count). The number of carbonyl (C=O) groups is 1. The van der Waals surface area contributed by atoms with Crippen molar-refractivity contribution in [3.63, 3.8) is 0 Å². The van der Waals surface area contributed by atoms with Crippen molar-refractivity contribution in [2.24, 2.45) is 5.92 Å². The first-order chi connectivity index (χ1) is 10.7. The highest BCUT2D eigenvalue weighted by Crippen LogP contribution is 2.48. The molecule has 0 saturated heterocycles. The lowest BCUT2D eigenvalue weighted by Crippen LogP contribution is -2.42.